The molecule has 2 atom stereocenters. The van der Waals surface area contributed by atoms with Crippen molar-refractivity contribution in [2.24, 2.45) is 5.16 Å². The van der Waals surface area contributed by atoms with Gasteiger partial charge in [0.15, 0.2) is 15.7 Å². The van der Waals surface area contributed by atoms with E-state index in [9.17, 15) is 19.5 Å². The van der Waals surface area contributed by atoms with Crippen LogP contribution >= 0.6 is 46.4 Å². The zero-order valence-corrected chi connectivity index (χ0v) is 24.8. The number of allylic oxidation sites excluding steroid dienone is 3. The molecule has 0 radical (unpaired) electrons. The summed E-state index contributed by atoms with van der Waals surface area (Å²) in [5, 5.41) is 17.8. The number of hydrogen-bond donors (Lipinski definition) is 3. The predicted molar refractivity (Wildman–Crippen MR) is 156 cm³/mol. The van der Waals surface area contributed by atoms with Crippen molar-refractivity contribution < 1.29 is 28.9 Å². The maximum atomic E-state index is 13.1. The Morgan fingerprint density at radius 1 is 1.45 bits per heavy atom. The Labute approximate surface area is 245 Å². The molecule has 1 saturated heterocycles. The molecule has 0 bridgehead atoms. The highest BCUT2D eigenvalue weighted by atomic mass is 32.2. The van der Waals surface area contributed by atoms with Gasteiger partial charge in [-0.3, -0.25) is 14.5 Å². The van der Waals surface area contributed by atoms with E-state index in [4.69, 9.17) is 10.6 Å². The van der Waals surface area contributed by atoms with Crippen LogP contribution in [-0.4, -0.2) is 90.0 Å². The summed E-state index contributed by atoms with van der Waals surface area (Å²) in [6.07, 6.45) is 5.61. The molecule has 0 aliphatic carbocycles. The summed E-state index contributed by atoms with van der Waals surface area (Å²) < 4.78 is 6.30. The number of aromatic nitrogens is 3. The van der Waals surface area contributed by atoms with Crippen molar-refractivity contribution in [2.45, 2.75) is 29.6 Å². The first-order valence-corrected chi connectivity index (χ1v) is 15.2. The molecule has 0 spiro atoms. The van der Waals surface area contributed by atoms with Gasteiger partial charge in [0.05, 0.1) is 5.69 Å². The Morgan fingerprint density at radius 2 is 2.23 bits per heavy atom. The van der Waals surface area contributed by atoms with Gasteiger partial charge in [0.1, 0.15) is 37.5 Å². The van der Waals surface area contributed by atoms with Crippen molar-refractivity contribution in [1.29, 1.82) is 0 Å². The van der Waals surface area contributed by atoms with E-state index in [1.165, 1.54) is 39.8 Å². The van der Waals surface area contributed by atoms with Gasteiger partial charge in [0, 0.05) is 39.2 Å². The Hall–Kier alpha value is -3.54. The number of amides is 2. The first kappa shape index (κ1) is 29.4. The van der Waals surface area contributed by atoms with Crippen molar-refractivity contribution >= 4 is 87.3 Å². The van der Waals surface area contributed by atoms with Crippen LogP contribution < -0.4 is 11.1 Å². The third-order valence-corrected chi connectivity index (χ3v) is 9.41. The SMILES string of the molecule is C=[N+](C)C=CC(=CC)c1csc(SC2=C(C(=O)O)N3C(=O)C(NC(=O)C(=NOCC)c4nsc(N)n4)C3SC2)n1. The van der Waals surface area contributed by atoms with Gasteiger partial charge in [-0.1, -0.05) is 23.0 Å². The highest BCUT2D eigenvalue weighted by Gasteiger charge is 2.54. The number of oxime groups is 1. The van der Waals surface area contributed by atoms with E-state index in [1.54, 1.807) is 11.5 Å². The number of nitrogens with two attached hydrogens (primary N) is 1. The molecule has 40 heavy (non-hydrogen) atoms. The molecule has 2 aromatic rings. The molecule has 4 N–H and O–H groups in total. The first-order valence-electron chi connectivity index (χ1n) is 11.7. The normalized spacial score (nSPS) is 19.5. The molecule has 0 aromatic carbocycles. The number of rotatable bonds is 11. The highest BCUT2D eigenvalue weighted by molar-refractivity contribution is 8.07. The number of carbonyl (C=O) groups excluding carboxylic acids is 2. The van der Waals surface area contributed by atoms with E-state index in [0.29, 0.717) is 15.0 Å². The van der Waals surface area contributed by atoms with Crippen LogP contribution in [0.5, 0.6) is 0 Å². The number of thiazole rings is 1. The average molecular weight is 622 g/mol. The lowest BCUT2D eigenvalue weighted by Crippen LogP contribution is -2.71. The summed E-state index contributed by atoms with van der Waals surface area (Å²) >= 11 is 4.82. The number of fused-ring (bicyclic) bond motifs is 1. The monoisotopic (exact) mass is 621 g/mol. The Balaban J connectivity index is 1.51. The fourth-order valence-corrected chi connectivity index (χ4v) is 7.50. The molecule has 4 rings (SSSR count). The number of β-lactam (4-membered cyclic amide) rings is 1. The Kier molecular flexibility index (Phi) is 9.39. The van der Waals surface area contributed by atoms with Crippen LogP contribution in [0.25, 0.3) is 5.57 Å². The van der Waals surface area contributed by atoms with Gasteiger partial charge in [-0.15, -0.1) is 23.1 Å². The van der Waals surface area contributed by atoms with E-state index in [2.05, 4.69) is 31.5 Å². The summed E-state index contributed by atoms with van der Waals surface area (Å²) in [6, 6.07) is -0.970. The maximum Gasteiger partial charge on any atom is 0.353 e. The summed E-state index contributed by atoms with van der Waals surface area (Å²) in [5.74, 6) is -2.24. The summed E-state index contributed by atoms with van der Waals surface area (Å²) in [5.41, 5.74) is 6.91. The second-order valence-electron chi connectivity index (χ2n) is 8.17. The van der Waals surface area contributed by atoms with E-state index in [1.807, 2.05) is 37.7 Å². The highest BCUT2D eigenvalue weighted by Crippen LogP contribution is 2.45. The number of aliphatic carboxylic acids is 1. The first-order chi connectivity index (χ1) is 19.1. The van der Waals surface area contributed by atoms with Crippen LogP contribution in [0.2, 0.25) is 0 Å². The number of hydrogen-bond acceptors (Lipinski definition) is 13. The van der Waals surface area contributed by atoms with E-state index < -0.39 is 29.2 Å². The molecule has 13 nitrogen and oxygen atoms in total. The van der Waals surface area contributed by atoms with Crippen LogP contribution in [0.4, 0.5) is 5.13 Å². The number of thioether (sulfide) groups is 2. The van der Waals surface area contributed by atoms with Gasteiger partial charge in [0.2, 0.25) is 11.5 Å². The molecule has 0 saturated carbocycles. The minimum absolute atomic E-state index is 0.0315. The van der Waals surface area contributed by atoms with Crippen LogP contribution in [0, 0.1) is 0 Å². The molecule has 2 aliphatic heterocycles. The topological polar surface area (TPSA) is 176 Å². The lowest BCUT2D eigenvalue weighted by molar-refractivity contribution is -0.411. The number of nitrogens with zero attached hydrogens (tertiary/aromatic N) is 6. The molecule has 2 aliphatic rings. The molecule has 4 heterocycles. The van der Waals surface area contributed by atoms with E-state index >= 15 is 0 Å². The molecular formula is C23H25N8O5S4+. The second kappa shape index (κ2) is 12.8. The number of carboxylic acid groups (broad SMARTS) is 1. The van der Waals surface area contributed by atoms with Gasteiger partial charge in [-0.2, -0.15) is 9.36 Å². The van der Waals surface area contributed by atoms with Crippen molar-refractivity contribution in [3.05, 3.63) is 45.9 Å². The van der Waals surface area contributed by atoms with Gasteiger partial charge < -0.3 is 21.0 Å². The Bertz CT molecular complexity index is 1480. The Morgan fingerprint density at radius 3 is 2.85 bits per heavy atom. The van der Waals surface area contributed by atoms with Crippen LogP contribution in [0.3, 0.4) is 0 Å². The van der Waals surface area contributed by atoms with Gasteiger partial charge in [0.25, 0.3) is 11.8 Å². The number of nitrogens with one attached hydrogen (secondary N) is 1. The van der Waals surface area contributed by atoms with Gasteiger partial charge in [-0.05, 0) is 13.8 Å². The van der Waals surface area contributed by atoms with Crippen LogP contribution in [0.1, 0.15) is 25.4 Å². The summed E-state index contributed by atoms with van der Waals surface area (Å²) in [7, 11) is 1.81. The lowest BCUT2D eigenvalue weighted by atomic mass is 10.0. The second-order valence-corrected chi connectivity index (χ2v) is 12.3. The molecule has 2 unspecified atom stereocenters. The fraction of sp³-hybridized carbons (Fsp3) is 0.304. The summed E-state index contributed by atoms with van der Waals surface area (Å²) in [4.78, 5) is 53.7. The predicted octanol–water partition coefficient (Wildman–Crippen LogP) is 2.07. The van der Waals surface area contributed by atoms with Gasteiger partial charge in [-0.25, -0.2) is 14.4 Å². The molecule has 2 amide bonds. The van der Waals surface area contributed by atoms with Crippen molar-refractivity contribution in [3.8, 4) is 0 Å². The molecule has 210 valence electrons. The number of anilines is 1. The zero-order chi connectivity index (χ0) is 29.0. The fourth-order valence-electron chi connectivity index (χ4n) is 3.60. The van der Waals surface area contributed by atoms with E-state index in [-0.39, 0.29) is 29.0 Å². The third-order valence-electron chi connectivity index (χ3n) is 5.39. The lowest BCUT2D eigenvalue weighted by Gasteiger charge is -2.49. The van der Waals surface area contributed by atoms with E-state index in [0.717, 1.165) is 22.8 Å². The number of nitrogen functional groups attached to an aromatic ring is 1. The van der Waals surface area contributed by atoms with Crippen LogP contribution in [-0.2, 0) is 19.2 Å². The maximum absolute atomic E-state index is 13.1. The van der Waals surface area contributed by atoms with Gasteiger partial charge >= 0.3 is 5.97 Å². The van der Waals surface area contributed by atoms with Crippen LogP contribution in [0.15, 0.2) is 43.8 Å². The summed E-state index contributed by atoms with van der Waals surface area (Å²) in [6.45, 7) is 7.57. The standard InChI is InChI=1S/C23H24N8O5S4/c1-5-11(7-8-30(3)4)12-9-38-23(25-12)39-13-10-37-20-15(19(33)31(20)16(13)21(34)35)26-18(32)14(28-36-6-2)17-27-22(24)40-29-17/h5,7-9,15,20H,3,6,10H2,1-2,4H3,(H3-,24,26,27,29,32,34,35)/p+1. The quantitative estimate of drug-likeness (QED) is 0.110. The minimum atomic E-state index is -1.24. The number of carbonyl (C=O) groups is 3. The van der Waals surface area contributed by atoms with Crippen molar-refractivity contribution in [3.63, 3.8) is 0 Å². The smallest absolute Gasteiger partial charge is 0.353 e. The molecule has 2 aromatic heterocycles. The average Bonchev–Trinajstić information content (AvgIpc) is 3.56. The largest absolute Gasteiger partial charge is 0.477 e. The minimum Gasteiger partial charge on any atom is -0.477 e. The van der Waals surface area contributed by atoms with Crippen molar-refractivity contribution in [2.75, 3.05) is 25.1 Å². The zero-order valence-electron chi connectivity index (χ0n) is 21.6. The molecule has 1 fully saturated rings. The molecule has 17 heteroatoms. The van der Waals surface area contributed by atoms with Crippen molar-refractivity contribution in [1.82, 2.24) is 24.6 Å². The number of carboxylic acids is 1. The third kappa shape index (κ3) is 6.27. The molecular weight excluding hydrogens is 597 g/mol.